The van der Waals surface area contributed by atoms with Crippen LogP contribution in [0.2, 0.25) is 16.6 Å². The molecule has 0 fully saturated rings. The standard InChI is InChI=1S/C19H36OSi/c1-9-11-13-19(12-10-2)14-15-20-21(16(3)4,17(5)6)18(7)8/h10,16-19H,2,9,11-13H2,1,3-8H3/t19-/m1/s1. The van der Waals surface area contributed by atoms with Crippen LogP contribution in [0.3, 0.4) is 0 Å². The summed E-state index contributed by atoms with van der Waals surface area (Å²) < 4.78 is 6.31. The fraction of sp³-hybridized carbons (Fsp3) is 0.789. The molecular weight excluding hydrogens is 272 g/mol. The van der Waals surface area contributed by atoms with E-state index >= 15 is 0 Å². The lowest BCUT2D eigenvalue weighted by molar-refractivity contribution is 0.443. The van der Waals surface area contributed by atoms with Gasteiger partial charge in [0.2, 0.25) is 0 Å². The minimum atomic E-state index is -1.85. The van der Waals surface area contributed by atoms with Gasteiger partial charge in [-0.05, 0) is 29.5 Å². The molecular formula is C19H36OSi. The van der Waals surface area contributed by atoms with Gasteiger partial charge in [-0.2, -0.15) is 0 Å². The second kappa shape index (κ2) is 10.1. The average molecular weight is 309 g/mol. The van der Waals surface area contributed by atoms with E-state index in [0.29, 0.717) is 22.5 Å². The van der Waals surface area contributed by atoms with Crippen LogP contribution in [0, 0.1) is 17.9 Å². The maximum atomic E-state index is 6.31. The van der Waals surface area contributed by atoms with Crippen LogP contribution in [0.5, 0.6) is 0 Å². The zero-order valence-electron chi connectivity index (χ0n) is 15.3. The molecule has 0 aliphatic heterocycles. The maximum absolute atomic E-state index is 6.31. The van der Waals surface area contributed by atoms with E-state index in [-0.39, 0.29) is 0 Å². The summed E-state index contributed by atoms with van der Waals surface area (Å²) in [5.74, 6) is 3.77. The second-order valence-electron chi connectivity index (χ2n) is 7.03. The van der Waals surface area contributed by atoms with E-state index in [1.165, 1.54) is 12.8 Å². The number of rotatable bonds is 9. The van der Waals surface area contributed by atoms with Gasteiger partial charge in [0, 0.05) is 5.92 Å². The zero-order valence-corrected chi connectivity index (χ0v) is 16.3. The van der Waals surface area contributed by atoms with Crippen LogP contribution in [-0.4, -0.2) is 8.32 Å². The third-order valence-electron chi connectivity index (χ3n) is 4.56. The quantitative estimate of drug-likeness (QED) is 0.267. The highest BCUT2D eigenvalue weighted by atomic mass is 28.4. The van der Waals surface area contributed by atoms with E-state index in [1.54, 1.807) is 0 Å². The molecule has 0 aromatic rings. The highest BCUT2D eigenvalue weighted by Gasteiger charge is 2.46. The van der Waals surface area contributed by atoms with E-state index in [1.807, 2.05) is 6.08 Å². The van der Waals surface area contributed by atoms with Crippen molar-refractivity contribution in [2.24, 2.45) is 5.92 Å². The fourth-order valence-corrected chi connectivity index (χ4v) is 8.40. The summed E-state index contributed by atoms with van der Waals surface area (Å²) in [5.41, 5.74) is 1.75. The molecule has 0 spiro atoms. The molecule has 0 heterocycles. The normalized spacial score (nSPS) is 13.2. The Labute approximate surface area is 134 Å². The molecule has 0 saturated heterocycles. The summed E-state index contributed by atoms with van der Waals surface area (Å²) >= 11 is 0. The topological polar surface area (TPSA) is 9.23 Å². The Hall–Kier alpha value is -0.683. The van der Waals surface area contributed by atoms with Crippen molar-refractivity contribution < 1.29 is 4.43 Å². The molecule has 0 amide bonds. The average Bonchev–Trinajstić information content (AvgIpc) is 2.39. The molecule has 1 atom stereocenters. The van der Waals surface area contributed by atoms with Crippen molar-refractivity contribution in [2.45, 2.75) is 90.8 Å². The van der Waals surface area contributed by atoms with Gasteiger partial charge >= 0.3 is 0 Å². The Morgan fingerprint density at radius 1 is 1.05 bits per heavy atom. The molecule has 0 aliphatic rings. The third kappa shape index (κ3) is 5.91. The number of unbranched alkanes of at least 4 members (excludes halogenated alkanes) is 1. The first kappa shape index (κ1) is 20.3. The largest absolute Gasteiger partial charge is 0.500 e. The summed E-state index contributed by atoms with van der Waals surface area (Å²) in [4.78, 5) is 0. The van der Waals surface area contributed by atoms with Gasteiger partial charge < -0.3 is 4.43 Å². The Balaban J connectivity index is 5.04. The maximum Gasteiger partial charge on any atom is 0.272 e. The van der Waals surface area contributed by atoms with Crippen molar-refractivity contribution in [3.8, 4) is 12.0 Å². The smallest absolute Gasteiger partial charge is 0.272 e. The van der Waals surface area contributed by atoms with Crippen LogP contribution in [0.1, 0.15) is 74.1 Å². The van der Waals surface area contributed by atoms with Crippen molar-refractivity contribution in [3.05, 3.63) is 12.7 Å². The molecule has 0 aromatic carbocycles. The van der Waals surface area contributed by atoms with E-state index in [0.717, 1.165) is 12.8 Å². The highest BCUT2D eigenvalue weighted by Crippen LogP contribution is 2.41. The molecule has 122 valence electrons. The van der Waals surface area contributed by atoms with Gasteiger partial charge in [-0.3, -0.25) is 0 Å². The molecule has 0 unspecified atom stereocenters. The summed E-state index contributed by atoms with van der Waals surface area (Å²) in [7, 11) is -1.85. The SMILES string of the molecule is C=CC[C@@H](C#CO[Si](C(C)C)(C(C)C)C(C)C)CCCC. The minimum Gasteiger partial charge on any atom is -0.500 e. The molecule has 0 saturated carbocycles. The first-order valence-corrected chi connectivity index (χ1v) is 10.8. The highest BCUT2D eigenvalue weighted by molar-refractivity contribution is 6.77. The number of allylic oxidation sites excluding steroid dienone is 1. The Morgan fingerprint density at radius 2 is 1.57 bits per heavy atom. The molecule has 0 rings (SSSR count). The van der Waals surface area contributed by atoms with Crippen LogP contribution < -0.4 is 0 Å². The lowest BCUT2D eigenvalue weighted by Gasteiger charge is -2.39. The molecule has 0 aliphatic carbocycles. The summed E-state index contributed by atoms with van der Waals surface area (Å²) in [5, 5.41) is 0. The van der Waals surface area contributed by atoms with Gasteiger partial charge in [-0.25, -0.2) is 0 Å². The van der Waals surface area contributed by atoms with Crippen molar-refractivity contribution in [1.29, 1.82) is 0 Å². The molecule has 2 heteroatoms. The van der Waals surface area contributed by atoms with Crippen molar-refractivity contribution in [2.75, 3.05) is 0 Å². The van der Waals surface area contributed by atoms with Crippen molar-refractivity contribution in [1.82, 2.24) is 0 Å². The van der Waals surface area contributed by atoms with Gasteiger partial charge in [-0.1, -0.05) is 73.3 Å². The molecule has 0 radical (unpaired) electrons. The number of hydrogen-bond donors (Lipinski definition) is 0. The Morgan fingerprint density at radius 3 is 1.95 bits per heavy atom. The molecule has 21 heavy (non-hydrogen) atoms. The summed E-state index contributed by atoms with van der Waals surface area (Å²) in [6.07, 6.45) is 9.68. The fourth-order valence-electron chi connectivity index (χ4n) is 3.46. The van der Waals surface area contributed by atoms with E-state index in [4.69, 9.17) is 4.43 Å². The first-order chi connectivity index (χ1) is 9.82. The Bertz CT molecular complexity index is 325. The minimum absolute atomic E-state index is 0.403. The van der Waals surface area contributed by atoms with Crippen LogP contribution in [0.4, 0.5) is 0 Å². The van der Waals surface area contributed by atoms with Gasteiger partial charge in [-0.15, -0.1) is 6.58 Å². The first-order valence-electron chi connectivity index (χ1n) is 8.62. The second-order valence-corrected chi connectivity index (χ2v) is 12.4. The van der Waals surface area contributed by atoms with Gasteiger partial charge in [0.25, 0.3) is 8.32 Å². The molecule has 0 N–H and O–H groups in total. The van der Waals surface area contributed by atoms with Gasteiger partial charge in [0.15, 0.2) is 0 Å². The van der Waals surface area contributed by atoms with E-state index in [9.17, 15) is 0 Å². The predicted octanol–water partition coefficient (Wildman–Crippen LogP) is 6.52. The predicted molar refractivity (Wildman–Crippen MR) is 97.7 cm³/mol. The van der Waals surface area contributed by atoms with E-state index in [2.05, 4.69) is 67.1 Å². The van der Waals surface area contributed by atoms with Crippen LogP contribution in [-0.2, 0) is 4.43 Å². The molecule has 0 bridgehead atoms. The van der Waals surface area contributed by atoms with Crippen molar-refractivity contribution in [3.63, 3.8) is 0 Å². The summed E-state index contributed by atoms with van der Waals surface area (Å²) in [6, 6.07) is 0. The number of hydrogen-bond acceptors (Lipinski definition) is 1. The third-order valence-corrected chi connectivity index (χ3v) is 10.4. The lowest BCUT2D eigenvalue weighted by Crippen LogP contribution is -2.46. The van der Waals surface area contributed by atoms with Crippen LogP contribution in [0.15, 0.2) is 12.7 Å². The molecule has 1 nitrogen and oxygen atoms in total. The van der Waals surface area contributed by atoms with Crippen molar-refractivity contribution >= 4 is 8.32 Å². The van der Waals surface area contributed by atoms with E-state index < -0.39 is 8.32 Å². The van der Waals surface area contributed by atoms with Crippen LogP contribution in [0.25, 0.3) is 0 Å². The monoisotopic (exact) mass is 308 g/mol. The lowest BCUT2D eigenvalue weighted by atomic mass is 10.00. The Kier molecular flexibility index (Phi) is 9.78. The van der Waals surface area contributed by atoms with Gasteiger partial charge in [0.05, 0.1) is 6.11 Å². The zero-order chi connectivity index (χ0) is 16.5. The summed E-state index contributed by atoms with van der Waals surface area (Å²) in [6.45, 7) is 19.9. The van der Waals surface area contributed by atoms with Crippen LogP contribution >= 0.6 is 0 Å². The molecule has 0 aromatic heterocycles. The van der Waals surface area contributed by atoms with Gasteiger partial charge in [0.1, 0.15) is 0 Å².